The number of aromatic nitrogens is 3. The molecular formula is C15H27N5O. The molecule has 2 rings (SSSR count). The van der Waals surface area contributed by atoms with Crippen LogP contribution in [0.5, 0.6) is 0 Å². The van der Waals surface area contributed by atoms with Crippen LogP contribution in [0.2, 0.25) is 0 Å². The van der Waals surface area contributed by atoms with Gasteiger partial charge >= 0.3 is 0 Å². The molecule has 0 radical (unpaired) electrons. The Bertz CT molecular complexity index is 437. The van der Waals surface area contributed by atoms with Gasteiger partial charge in [0.05, 0.1) is 6.04 Å². The van der Waals surface area contributed by atoms with Crippen molar-refractivity contribution in [2.45, 2.75) is 51.5 Å². The van der Waals surface area contributed by atoms with Crippen molar-refractivity contribution in [1.82, 2.24) is 25.0 Å². The van der Waals surface area contributed by atoms with Crippen LogP contribution in [0.15, 0.2) is 6.33 Å². The lowest BCUT2D eigenvalue weighted by Crippen LogP contribution is -2.30. The number of carbonyl (C=O) groups excluding carboxylic acids is 1. The molecule has 1 amide bonds. The van der Waals surface area contributed by atoms with Crippen molar-refractivity contribution in [2.75, 3.05) is 19.6 Å². The van der Waals surface area contributed by atoms with Gasteiger partial charge in [0.15, 0.2) is 0 Å². The number of aryl methyl sites for hydroxylation is 1. The summed E-state index contributed by atoms with van der Waals surface area (Å²) in [6, 6.07) is -0.0943. The van der Waals surface area contributed by atoms with E-state index >= 15 is 0 Å². The minimum absolute atomic E-state index is 0.0943. The van der Waals surface area contributed by atoms with Gasteiger partial charge in [0.25, 0.3) is 0 Å². The first-order chi connectivity index (χ1) is 10.2. The largest absolute Gasteiger partial charge is 0.346 e. The average molecular weight is 293 g/mol. The summed E-state index contributed by atoms with van der Waals surface area (Å²) in [5.74, 6) is 0.885. The number of hydrogen-bond donors (Lipinski definition) is 1. The van der Waals surface area contributed by atoms with Crippen LogP contribution in [0.4, 0.5) is 0 Å². The van der Waals surface area contributed by atoms with Crippen molar-refractivity contribution in [3.8, 4) is 0 Å². The van der Waals surface area contributed by atoms with E-state index in [9.17, 15) is 4.79 Å². The number of rotatable bonds is 6. The van der Waals surface area contributed by atoms with E-state index in [2.05, 4.69) is 20.3 Å². The van der Waals surface area contributed by atoms with Crippen LogP contribution < -0.4 is 5.32 Å². The van der Waals surface area contributed by atoms with Gasteiger partial charge in [-0.3, -0.25) is 9.48 Å². The van der Waals surface area contributed by atoms with Gasteiger partial charge in [-0.05, 0) is 45.8 Å². The number of likely N-dealkylation sites (tertiary alicyclic amines) is 1. The number of nitrogens with zero attached hydrogens (tertiary/aromatic N) is 4. The van der Waals surface area contributed by atoms with Crippen LogP contribution in [0, 0.1) is 0 Å². The van der Waals surface area contributed by atoms with E-state index < -0.39 is 0 Å². The topological polar surface area (TPSA) is 63.1 Å². The highest BCUT2D eigenvalue weighted by molar-refractivity contribution is 5.76. The molecule has 1 atom stereocenters. The fourth-order valence-electron chi connectivity index (χ4n) is 2.90. The first-order valence-corrected chi connectivity index (χ1v) is 8.02. The predicted molar refractivity (Wildman–Crippen MR) is 81.7 cm³/mol. The molecule has 0 aliphatic carbocycles. The fourth-order valence-corrected chi connectivity index (χ4v) is 2.90. The molecular weight excluding hydrogens is 266 g/mol. The fraction of sp³-hybridized carbons (Fsp3) is 0.800. The highest BCUT2D eigenvalue weighted by atomic mass is 16.1. The second kappa shape index (κ2) is 8.12. The van der Waals surface area contributed by atoms with Gasteiger partial charge in [0.2, 0.25) is 5.91 Å². The molecule has 1 saturated heterocycles. The first-order valence-electron chi connectivity index (χ1n) is 8.02. The minimum atomic E-state index is -0.0943. The number of amides is 1. The Balaban J connectivity index is 1.66. The molecule has 0 spiro atoms. The summed E-state index contributed by atoms with van der Waals surface area (Å²) in [4.78, 5) is 18.6. The Morgan fingerprint density at radius 2 is 2.05 bits per heavy atom. The van der Waals surface area contributed by atoms with Crippen molar-refractivity contribution in [3.63, 3.8) is 0 Å². The van der Waals surface area contributed by atoms with Gasteiger partial charge in [-0.2, -0.15) is 5.10 Å². The molecule has 1 aromatic heterocycles. The van der Waals surface area contributed by atoms with E-state index in [-0.39, 0.29) is 11.9 Å². The van der Waals surface area contributed by atoms with Gasteiger partial charge < -0.3 is 10.2 Å². The van der Waals surface area contributed by atoms with Crippen molar-refractivity contribution >= 4 is 5.91 Å². The number of carbonyl (C=O) groups is 1. The summed E-state index contributed by atoms with van der Waals surface area (Å²) in [7, 11) is 1.84. The molecule has 2 heterocycles. The third-order valence-electron chi connectivity index (χ3n) is 4.09. The Labute approximate surface area is 126 Å². The van der Waals surface area contributed by atoms with E-state index in [0.717, 1.165) is 18.8 Å². The van der Waals surface area contributed by atoms with Crippen molar-refractivity contribution < 1.29 is 4.79 Å². The zero-order chi connectivity index (χ0) is 15.1. The maximum Gasteiger partial charge on any atom is 0.220 e. The van der Waals surface area contributed by atoms with Crippen molar-refractivity contribution in [1.29, 1.82) is 0 Å². The molecule has 118 valence electrons. The molecule has 1 aromatic rings. The molecule has 6 heteroatoms. The lowest BCUT2D eigenvalue weighted by molar-refractivity contribution is -0.122. The van der Waals surface area contributed by atoms with E-state index in [1.807, 2.05) is 14.0 Å². The van der Waals surface area contributed by atoms with Crippen molar-refractivity contribution in [3.05, 3.63) is 12.2 Å². The lowest BCUT2D eigenvalue weighted by atomic mass is 10.2. The number of nitrogens with one attached hydrogen (secondary N) is 1. The van der Waals surface area contributed by atoms with E-state index in [1.165, 1.54) is 45.1 Å². The van der Waals surface area contributed by atoms with E-state index in [1.54, 1.807) is 4.68 Å². The Morgan fingerprint density at radius 1 is 1.33 bits per heavy atom. The zero-order valence-electron chi connectivity index (χ0n) is 13.2. The first kappa shape index (κ1) is 15.9. The van der Waals surface area contributed by atoms with Crippen LogP contribution in [0.1, 0.15) is 57.3 Å². The Morgan fingerprint density at radius 3 is 2.67 bits per heavy atom. The van der Waals surface area contributed by atoms with Crippen LogP contribution in [-0.4, -0.2) is 45.2 Å². The molecule has 1 fully saturated rings. The van der Waals surface area contributed by atoms with Gasteiger partial charge in [0, 0.05) is 13.5 Å². The van der Waals surface area contributed by atoms with Gasteiger partial charge in [0.1, 0.15) is 12.2 Å². The average Bonchev–Trinajstić information content (AvgIpc) is 2.72. The van der Waals surface area contributed by atoms with E-state index in [0.29, 0.717) is 6.42 Å². The molecule has 21 heavy (non-hydrogen) atoms. The highest BCUT2D eigenvalue weighted by Gasteiger charge is 2.14. The monoisotopic (exact) mass is 293 g/mol. The third-order valence-corrected chi connectivity index (χ3v) is 4.09. The predicted octanol–water partition coefficient (Wildman–Crippen LogP) is 1.65. The van der Waals surface area contributed by atoms with Crippen molar-refractivity contribution in [2.24, 2.45) is 7.05 Å². The molecule has 0 saturated carbocycles. The van der Waals surface area contributed by atoms with E-state index in [4.69, 9.17) is 0 Å². The standard InChI is InChI=1S/C15H27N5O/c1-13(15-16-12-17-19(15)2)18-14(21)8-7-11-20-9-5-3-4-6-10-20/h12-13H,3-11H2,1-2H3,(H,18,21). The second-order valence-electron chi connectivity index (χ2n) is 5.89. The normalized spacial score (nSPS) is 18.2. The molecule has 1 aliphatic rings. The smallest absolute Gasteiger partial charge is 0.220 e. The van der Waals surface area contributed by atoms with Crippen LogP contribution >= 0.6 is 0 Å². The van der Waals surface area contributed by atoms with Crippen LogP contribution in [-0.2, 0) is 11.8 Å². The Hall–Kier alpha value is -1.43. The minimum Gasteiger partial charge on any atom is -0.346 e. The summed E-state index contributed by atoms with van der Waals surface area (Å²) >= 11 is 0. The molecule has 0 bridgehead atoms. The summed E-state index contributed by atoms with van der Waals surface area (Å²) in [5, 5.41) is 7.02. The maximum absolute atomic E-state index is 12.0. The van der Waals surface area contributed by atoms with Gasteiger partial charge in [-0.15, -0.1) is 0 Å². The maximum atomic E-state index is 12.0. The lowest BCUT2D eigenvalue weighted by Gasteiger charge is -2.19. The van der Waals surface area contributed by atoms with Crippen LogP contribution in [0.3, 0.4) is 0 Å². The molecule has 1 aliphatic heterocycles. The summed E-state index contributed by atoms with van der Waals surface area (Å²) < 4.78 is 1.70. The summed E-state index contributed by atoms with van der Waals surface area (Å²) in [6.07, 6.45) is 8.33. The van der Waals surface area contributed by atoms with Gasteiger partial charge in [-0.25, -0.2) is 4.98 Å². The SMILES string of the molecule is CC(NC(=O)CCCN1CCCCCC1)c1ncnn1C. The zero-order valence-corrected chi connectivity index (χ0v) is 13.2. The molecule has 0 aromatic carbocycles. The quantitative estimate of drug-likeness (QED) is 0.866. The highest BCUT2D eigenvalue weighted by Crippen LogP contribution is 2.11. The van der Waals surface area contributed by atoms with Crippen LogP contribution in [0.25, 0.3) is 0 Å². The third kappa shape index (κ3) is 5.12. The summed E-state index contributed by atoms with van der Waals surface area (Å²) in [5.41, 5.74) is 0. The Kier molecular flexibility index (Phi) is 6.17. The van der Waals surface area contributed by atoms with Gasteiger partial charge in [-0.1, -0.05) is 12.8 Å². The second-order valence-corrected chi connectivity index (χ2v) is 5.89. The molecule has 1 unspecified atom stereocenters. The summed E-state index contributed by atoms with van der Waals surface area (Å²) in [6.45, 7) is 5.36. The number of hydrogen-bond acceptors (Lipinski definition) is 4. The molecule has 6 nitrogen and oxygen atoms in total. The molecule has 1 N–H and O–H groups in total.